The number of rotatable bonds is 1. The third kappa shape index (κ3) is 1.11. The molecule has 1 aliphatic rings. The Balaban J connectivity index is 2.41. The number of benzene rings is 1. The van der Waals surface area contributed by atoms with Gasteiger partial charge in [-0.25, -0.2) is 0 Å². The smallest absolute Gasteiger partial charge is 0.122 e. The molecule has 0 saturated carbocycles. The number of fused-ring (bicyclic) bond motifs is 1. The molecule has 0 N–H and O–H groups in total. The highest BCUT2D eigenvalue weighted by Gasteiger charge is 2.10. The van der Waals surface area contributed by atoms with Crippen molar-refractivity contribution in [2.24, 2.45) is 0 Å². The van der Waals surface area contributed by atoms with Crippen LogP contribution >= 0.6 is 0 Å². The van der Waals surface area contributed by atoms with Crippen LogP contribution in [0.5, 0.6) is 5.75 Å². The van der Waals surface area contributed by atoms with E-state index in [1.165, 1.54) is 11.1 Å². The zero-order valence-corrected chi connectivity index (χ0v) is 6.47. The van der Waals surface area contributed by atoms with Gasteiger partial charge in [0.15, 0.2) is 0 Å². The lowest BCUT2D eigenvalue weighted by atomic mass is 10.1. The molecule has 1 aliphatic heterocycles. The predicted molar refractivity (Wildman–Crippen MR) is 44.7 cm³/mol. The average Bonchev–Trinajstić information content (AvgIpc) is 2.50. The molecule has 0 atom stereocenters. The van der Waals surface area contributed by atoms with E-state index in [-0.39, 0.29) is 0 Å². The van der Waals surface area contributed by atoms with Gasteiger partial charge >= 0.3 is 0 Å². The Bertz CT molecular complexity index is 266. The van der Waals surface area contributed by atoms with Crippen LogP contribution in [-0.2, 0) is 12.8 Å². The third-order valence-corrected chi connectivity index (χ3v) is 2.05. The van der Waals surface area contributed by atoms with E-state index in [0.717, 1.165) is 25.2 Å². The molecule has 0 unspecified atom stereocenters. The van der Waals surface area contributed by atoms with Gasteiger partial charge in [0.1, 0.15) is 5.75 Å². The highest BCUT2D eigenvalue weighted by Crippen LogP contribution is 2.25. The summed E-state index contributed by atoms with van der Waals surface area (Å²) in [6.07, 6.45) is 1.91. The molecule has 0 fully saturated rings. The summed E-state index contributed by atoms with van der Waals surface area (Å²) in [6.45, 7) is 4.67. The number of ether oxygens (including phenoxy) is 1. The summed E-state index contributed by atoms with van der Waals surface area (Å²) in [5, 5.41) is 0. The second kappa shape index (κ2) is 2.57. The maximum Gasteiger partial charge on any atom is 0.122 e. The van der Waals surface area contributed by atoms with Crippen molar-refractivity contribution in [2.75, 3.05) is 6.61 Å². The highest BCUT2D eigenvalue weighted by molar-refractivity contribution is 5.40. The van der Waals surface area contributed by atoms with Gasteiger partial charge in [-0.15, -0.1) is 0 Å². The van der Waals surface area contributed by atoms with E-state index in [0.29, 0.717) is 0 Å². The Hall–Kier alpha value is -0.980. The van der Waals surface area contributed by atoms with Gasteiger partial charge < -0.3 is 4.74 Å². The molecule has 0 spiro atoms. The van der Waals surface area contributed by atoms with Crippen LogP contribution in [0.15, 0.2) is 18.2 Å². The summed E-state index contributed by atoms with van der Waals surface area (Å²) in [7, 11) is 0. The lowest BCUT2D eigenvalue weighted by Gasteiger charge is -2.00. The fourth-order valence-electron chi connectivity index (χ4n) is 1.37. The number of hydrogen-bond acceptors (Lipinski definition) is 1. The minimum Gasteiger partial charge on any atom is -0.493 e. The summed E-state index contributed by atoms with van der Waals surface area (Å²) in [6, 6.07) is 6.36. The van der Waals surface area contributed by atoms with E-state index >= 15 is 0 Å². The average molecular weight is 147 g/mol. The van der Waals surface area contributed by atoms with Crippen molar-refractivity contribution in [2.45, 2.75) is 12.8 Å². The summed E-state index contributed by atoms with van der Waals surface area (Å²) < 4.78 is 5.41. The van der Waals surface area contributed by atoms with E-state index in [9.17, 15) is 0 Å². The second-order valence-electron chi connectivity index (χ2n) is 2.79. The van der Waals surface area contributed by atoms with Crippen LogP contribution in [0.2, 0.25) is 0 Å². The SMILES string of the molecule is [CH2]Cc1ccc2c(c1)OCC2. The van der Waals surface area contributed by atoms with Gasteiger partial charge in [0.2, 0.25) is 0 Å². The molecule has 1 aromatic carbocycles. The molecule has 0 aromatic heterocycles. The van der Waals surface area contributed by atoms with Crippen LogP contribution < -0.4 is 4.74 Å². The van der Waals surface area contributed by atoms with E-state index < -0.39 is 0 Å². The molecule has 0 bridgehead atoms. The Labute approximate surface area is 67.0 Å². The molecule has 1 radical (unpaired) electrons. The third-order valence-electron chi connectivity index (χ3n) is 2.05. The first-order valence-corrected chi connectivity index (χ1v) is 3.94. The molecule has 57 valence electrons. The molecular weight excluding hydrogens is 136 g/mol. The van der Waals surface area contributed by atoms with Gasteiger partial charge in [0.05, 0.1) is 6.61 Å². The van der Waals surface area contributed by atoms with Crippen LogP contribution in [0.1, 0.15) is 11.1 Å². The first-order chi connectivity index (χ1) is 5.40. The molecule has 0 saturated heterocycles. The van der Waals surface area contributed by atoms with Crippen molar-refractivity contribution in [3.05, 3.63) is 36.2 Å². The quantitative estimate of drug-likeness (QED) is 0.590. The van der Waals surface area contributed by atoms with Gasteiger partial charge in [0, 0.05) is 6.42 Å². The predicted octanol–water partition coefficient (Wildman–Crippen LogP) is 2.00. The van der Waals surface area contributed by atoms with Crippen LogP contribution in [-0.4, -0.2) is 6.61 Å². The van der Waals surface area contributed by atoms with Crippen molar-refractivity contribution >= 4 is 0 Å². The molecule has 0 aliphatic carbocycles. The monoisotopic (exact) mass is 147 g/mol. The van der Waals surface area contributed by atoms with Crippen LogP contribution in [0, 0.1) is 6.92 Å². The maximum absolute atomic E-state index is 5.41. The minimum atomic E-state index is 0.843. The fourth-order valence-corrected chi connectivity index (χ4v) is 1.37. The Morgan fingerprint density at radius 1 is 1.45 bits per heavy atom. The van der Waals surface area contributed by atoms with Crippen molar-refractivity contribution in [1.82, 2.24) is 0 Å². The Kier molecular flexibility index (Phi) is 1.57. The van der Waals surface area contributed by atoms with Gasteiger partial charge in [-0.05, 0) is 30.5 Å². The molecule has 1 heteroatoms. The molecule has 11 heavy (non-hydrogen) atoms. The standard InChI is InChI=1S/C10H11O/c1-2-8-3-4-9-5-6-11-10(9)7-8/h3-4,7H,1-2,5-6H2. The Morgan fingerprint density at radius 2 is 2.36 bits per heavy atom. The normalized spacial score (nSPS) is 14.3. The van der Waals surface area contributed by atoms with E-state index in [1.54, 1.807) is 0 Å². The lowest BCUT2D eigenvalue weighted by molar-refractivity contribution is 0.356. The highest BCUT2D eigenvalue weighted by atomic mass is 16.5. The Morgan fingerprint density at radius 3 is 3.18 bits per heavy atom. The van der Waals surface area contributed by atoms with Gasteiger partial charge in [-0.3, -0.25) is 0 Å². The van der Waals surface area contributed by atoms with Crippen LogP contribution in [0.4, 0.5) is 0 Å². The molecule has 0 amide bonds. The summed E-state index contributed by atoms with van der Waals surface area (Å²) in [5.41, 5.74) is 2.59. The molecule has 1 heterocycles. The van der Waals surface area contributed by atoms with E-state index in [1.807, 2.05) is 0 Å². The molecule has 1 nitrogen and oxygen atoms in total. The van der Waals surface area contributed by atoms with E-state index in [2.05, 4.69) is 25.1 Å². The summed E-state index contributed by atoms with van der Waals surface area (Å²) >= 11 is 0. The summed E-state index contributed by atoms with van der Waals surface area (Å²) in [5.74, 6) is 1.06. The fraction of sp³-hybridized carbons (Fsp3) is 0.300. The molecular formula is C10H11O. The van der Waals surface area contributed by atoms with Crippen molar-refractivity contribution < 1.29 is 4.74 Å². The molecule has 1 aromatic rings. The second-order valence-corrected chi connectivity index (χ2v) is 2.79. The largest absolute Gasteiger partial charge is 0.493 e. The maximum atomic E-state index is 5.41. The topological polar surface area (TPSA) is 9.23 Å². The zero-order chi connectivity index (χ0) is 7.68. The summed E-state index contributed by atoms with van der Waals surface area (Å²) in [4.78, 5) is 0. The zero-order valence-electron chi connectivity index (χ0n) is 6.47. The van der Waals surface area contributed by atoms with Gasteiger partial charge in [-0.2, -0.15) is 0 Å². The van der Waals surface area contributed by atoms with Crippen molar-refractivity contribution in [3.63, 3.8) is 0 Å². The lowest BCUT2D eigenvalue weighted by Crippen LogP contribution is -1.86. The van der Waals surface area contributed by atoms with Gasteiger partial charge in [0.25, 0.3) is 0 Å². The van der Waals surface area contributed by atoms with Crippen LogP contribution in [0.25, 0.3) is 0 Å². The van der Waals surface area contributed by atoms with Crippen LogP contribution in [0.3, 0.4) is 0 Å². The van der Waals surface area contributed by atoms with Crippen molar-refractivity contribution in [1.29, 1.82) is 0 Å². The minimum absolute atomic E-state index is 0.843. The van der Waals surface area contributed by atoms with E-state index in [4.69, 9.17) is 4.74 Å². The number of hydrogen-bond donors (Lipinski definition) is 0. The van der Waals surface area contributed by atoms with Crippen molar-refractivity contribution in [3.8, 4) is 5.75 Å². The molecule has 2 rings (SSSR count). The first kappa shape index (κ1) is 6.71. The van der Waals surface area contributed by atoms with Gasteiger partial charge in [-0.1, -0.05) is 12.1 Å². The first-order valence-electron chi connectivity index (χ1n) is 3.94.